The number of aromatic carboxylic acids is 1. The van der Waals surface area contributed by atoms with Crippen molar-refractivity contribution in [3.8, 4) is 0 Å². The van der Waals surface area contributed by atoms with Crippen molar-refractivity contribution in [3.05, 3.63) is 53.9 Å². The number of azo groups is 1. The minimum atomic E-state index is -1.13. The molecule has 0 unspecified atom stereocenters. The molecule has 2 aromatic heterocycles. The molecule has 3 aromatic rings. The molecule has 7 nitrogen and oxygen atoms in total. The van der Waals surface area contributed by atoms with Crippen LogP contribution in [0.5, 0.6) is 0 Å². The monoisotopic (exact) mass is 323 g/mol. The number of carboxylic acids is 1. The molecule has 24 heavy (non-hydrogen) atoms. The zero-order valence-electron chi connectivity index (χ0n) is 13.6. The van der Waals surface area contributed by atoms with Crippen molar-refractivity contribution in [2.75, 3.05) is 19.0 Å². The van der Waals surface area contributed by atoms with Gasteiger partial charge in [0.1, 0.15) is 5.65 Å². The molecule has 1 N–H and O–H groups in total. The fraction of sp³-hybridized carbons (Fsp3) is 0.176. The van der Waals surface area contributed by atoms with Crippen molar-refractivity contribution in [3.63, 3.8) is 0 Å². The van der Waals surface area contributed by atoms with Crippen LogP contribution in [-0.4, -0.2) is 34.6 Å². The Labute approximate surface area is 138 Å². The minimum absolute atomic E-state index is 0.113. The Morgan fingerprint density at radius 2 is 1.88 bits per heavy atom. The molecule has 2 heterocycles. The second-order valence-corrected chi connectivity index (χ2v) is 5.58. The van der Waals surface area contributed by atoms with Gasteiger partial charge in [-0.2, -0.15) is 0 Å². The summed E-state index contributed by atoms with van der Waals surface area (Å²) in [4.78, 5) is 17.6. The molecule has 0 amide bonds. The summed E-state index contributed by atoms with van der Waals surface area (Å²) in [5, 5.41) is 17.7. The van der Waals surface area contributed by atoms with E-state index in [2.05, 4.69) is 15.2 Å². The first kappa shape index (κ1) is 15.7. The van der Waals surface area contributed by atoms with Crippen molar-refractivity contribution < 1.29 is 9.90 Å². The highest BCUT2D eigenvalue weighted by molar-refractivity contribution is 5.92. The molecule has 0 saturated heterocycles. The molecule has 0 bridgehead atoms. The van der Waals surface area contributed by atoms with Crippen molar-refractivity contribution in [1.29, 1.82) is 0 Å². The average Bonchev–Trinajstić information content (AvgIpc) is 2.93. The summed E-state index contributed by atoms with van der Waals surface area (Å²) in [6.45, 7) is 1.87. The van der Waals surface area contributed by atoms with Gasteiger partial charge in [0.25, 0.3) is 0 Å². The van der Waals surface area contributed by atoms with Crippen LogP contribution in [0.2, 0.25) is 0 Å². The zero-order chi connectivity index (χ0) is 17.3. The Morgan fingerprint density at radius 1 is 1.17 bits per heavy atom. The predicted molar refractivity (Wildman–Crippen MR) is 91.8 cm³/mol. The van der Waals surface area contributed by atoms with Crippen LogP contribution in [0.25, 0.3) is 5.65 Å². The number of hydrogen-bond donors (Lipinski definition) is 1. The molecule has 0 aliphatic rings. The lowest BCUT2D eigenvalue weighted by Gasteiger charge is -2.11. The van der Waals surface area contributed by atoms with Gasteiger partial charge in [0.05, 0.1) is 5.69 Å². The van der Waals surface area contributed by atoms with Gasteiger partial charge in [-0.25, -0.2) is 9.78 Å². The quantitative estimate of drug-likeness (QED) is 0.740. The lowest BCUT2D eigenvalue weighted by atomic mass is 10.3. The summed E-state index contributed by atoms with van der Waals surface area (Å²) in [7, 11) is 3.91. The molecule has 0 radical (unpaired) electrons. The molecule has 122 valence electrons. The van der Waals surface area contributed by atoms with Crippen LogP contribution in [0.1, 0.15) is 16.1 Å². The van der Waals surface area contributed by atoms with Gasteiger partial charge in [0, 0.05) is 26.0 Å². The maximum atomic E-state index is 11.5. The number of fused-ring (bicyclic) bond motifs is 1. The molecule has 7 heteroatoms. The van der Waals surface area contributed by atoms with Crippen LogP contribution < -0.4 is 4.90 Å². The third-order valence-electron chi connectivity index (χ3n) is 3.65. The van der Waals surface area contributed by atoms with E-state index in [0.717, 1.165) is 11.3 Å². The Bertz CT molecular complexity index is 926. The van der Waals surface area contributed by atoms with Gasteiger partial charge in [0.15, 0.2) is 11.5 Å². The largest absolute Gasteiger partial charge is 0.476 e. The number of imidazole rings is 1. The van der Waals surface area contributed by atoms with E-state index in [9.17, 15) is 9.90 Å². The normalized spacial score (nSPS) is 11.3. The number of benzene rings is 1. The number of pyridine rings is 1. The number of carboxylic acid groups (broad SMARTS) is 1. The minimum Gasteiger partial charge on any atom is -0.476 e. The van der Waals surface area contributed by atoms with Gasteiger partial charge < -0.3 is 10.0 Å². The number of anilines is 1. The average molecular weight is 323 g/mol. The Hall–Kier alpha value is -3.22. The summed E-state index contributed by atoms with van der Waals surface area (Å²) in [6.07, 6.45) is 1.73. The van der Waals surface area contributed by atoms with E-state index in [1.807, 2.05) is 62.3 Å². The smallest absolute Gasteiger partial charge is 0.358 e. The summed E-state index contributed by atoms with van der Waals surface area (Å²) in [6, 6.07) is 11.2. The van der Waals surface area contributed by atoms with Crippen LogP contribution in [0, 0.1) is 6.92 Å². The summed E-state index contributed by atoms with van der Waals surface area (Å²) >= 11 is 0. The highest BCUT2D eigenvalue weighted by Gasteiger charge is 2.19. The van der Waals surface area contributed by atoms with Gasteiger partial charge in [-0.1, -0.05) is 6.07 Å². The van der Waals surface area contributed by atoms with Gasteiger partial charge in [-0.05, 0) is 42.8 Å². The highest BCUT2D eigenvalue weighted by Crippen LogP contribution is 2.26. The molecular formula is C17H17N5O2. The molecule has 0 atom stereocenters. The Balaban J connectivity index is 2.04. The van der Waals surface area contributed by atoms with Crippen LogP contribution in [0.15, 0.2) is 52.8 Å². The number of carbonyl (C=O) groups is 1. The second-order valence-electron chi connectivity index (χ2n) is 5.58. The van der Waals surface area contributed by atoms with Crippen LogP contribution >= 0.6 is 0 Å². The standard InChI is InChI=1S/C17H17N5O2/c1-11-5-4-10-22-15(11)18-14(17(23)24)16(22)20-19-12-6-8-13(9-7-12)21(2)3/h4-10H,1-3H3,(H,23,24). The van der Waals surface area contributed by atoms with Crippen molar-refractivity contribution in [2.45, 2.75) is 6.92 Å². The lowest BCUT2D eigenvalue weighted by molar-refractivity contribution is 0.0692. The van der Waals surface area contributed by atoms with Gasteiger partial charge >= 0.3 is 5.97 Å². The predicted octanol–water partition coefficient (Wildman–Crippen LogP) is 3.82. The van der Waals surface area contributed by atoms with E-state index in [4.69, 9.17) is 0 Å². The number of rotatable bonds is 4. The maximum Gasteiger partial charge on any atom is 0.358 e. The number of hydrogen-bond acceptors (Lipinski definition) is 5. The molecule has 0 saturated carbocycles. The first-order valence-corrected chi connectivity index (χ1v) is 7.37. The summed E-state index contributed by atoms with van der Waals surface area (Å²) in [5.41, 5.74) is 3.01. The molecule has 0 aliphatic heterocycles. The molecule has 0 fully saturated rings. The van der Waals surface area contributed by atoms with E-state index in [-0.39, 0.29) is 11.5 Å². The summed E-state index contributed by atoms with van der Waals surface area (Å²) < 4.78 is 1.64. The topological polar surface area (TPSA) is 82.6 Å². The van der Waals surface area contributed by atoms with Crippen molar-refractivity contribution in [1.82, 2.24) is 9.38 Å². The first-order chi connectivity index (χ1) is 11.5. The molecule has 3 rings (SSSR count). The van der Waals surface area contributed by atoms with Crippen LogP contribution in [0.3, 0.4) is 0 Å². The number of aromatic nitrogens is 2. The Kier molecular flexibility index (Phi) is 3.99. The van der Waals surface area contributed by atoms with Crippen LogP contribution in [0.4, 0.5) is 17.2 Å². The molecule has 1 aromatic carbocycles. The molecule has 0 spiro atoms. The fourth-order valence-electron chi connectivity index (χ4n) is 2.35. The lowest BCUT2D eigenvalue weighted by Crippen LogP contribution is -2.07. The van der Waals surface area contributed by atoms with E-state index >= 15 is 0 Å². The van der Waals surface area contributed by atoms with E-state index < -0.39 is 5.97 Å². The van der Waals surface area contributed by atoms with E-state index in [1.165, 1.54) is 0 Å². The highest BCUT2D eigenvalue weighted by atomic mass is 16.4. The number of nitrogens with zero attached hydrogens (tertiary/aromatic N) is 5. The van der Waals surface area contributed by atoms with E-state index in [0.29, 0.717) is 11.3 Å². The number of aryl methyl sites for hydroxylation is 1. The van der Waals surface area contributed by atoms with Gasteiger partial charge in [-0.15, -0.1) is 10.2 Å². The molecular weight excluding hydrogens is 306 g/mol. The third-order valence-corrected chi connectivity index (χ3v) is 3.65. The Morgan fingerprint density at radius 3 is 2.50 bits per heavy atom. The van der Waals surface area contributed by atoms with Gasteiger partial charge in [-0.3, -0.25) is 4.40 Å². The maximum absolute atomic E-state index is 11.5. The zero-order valence-corrected chi connectivity index (χ0v) is 13.6. The molecule has 0 aliphatic carbocycles. The second kappa shape index (κ2) is 6.11. The SMILES string of the molecule is Cc1cccn2c(N=Nc3ccc(N(C)C)cc3)c(C(=O)O)nc12. The fourth-order valence-corrected chi connectivity index (χ4v) is 2.35. The van der Waals surface area contributed by atoms with Crippen LogP contribution in [-0.2, 0) is 0 Å². The van der Waals surface area contributed by atoms with E-state index in [1.54, 1.807) is 10.6 Å². The summed E-state index contributed by atoms with van der Waals surface area (Å²) in [5.74, 6) is -0.923. The van der Waals surface area contributed by atoms with Gasteiger partial charge in [0.2, 0.25) is 0 Å². The van der Waals surface area contributed by atoms with Crippen molar-refractivity contribution >= 4 is 28.8 Å². The third kappa shape index (κ3) is 2.83. The first-order valence-electron chi connectivity index (χ1n) is 7.37. The van der Waals surface area contributed by atoms with Crippen molar-refractivity contribution in [2.24, 2.45) is 10.2 Å².